The van der Waals surface area contributed by atoms with Gasteiger partial charge in [-0.3, -0.25) is 19.5 Å². The quantitative estimate of drug-likeness (QED) is 0.620. The van der Waals surface area contributed by atoms with Gasteiger partial charge in [0.1, 0.15) is 15.9 Å². The summed E-state index contributed by atoms with van der Waals surface area (Å²) in [6.45, 7) is 3.94. The molecule has 1 amide bonds. The van der Waals surface area contributed by atoms with Crippen LogP contribution in [-0.4, -0.2) is 25.7 Å². The highest BCUT2D eigenvalue weighted by Gasteiger charge is 2.24. The van der Waals surface area contributed by atoms with Crippen LogP contribution in [0.2, 0.25) is 0 Å². The summed E-state index contributed by atoms with van der Waals surface area (Å²) in [6, 6.07) is 1.25. The number of nitrogens with zero attached hydrogens (tertiary/aromatic N) is 4. The Balaban J connectivity index is 1.54. The number of carbonyl (C=O) groups excluding carboxylic acids is 1. The van der Waals surface area contributed by atoms with Crippen molar-refractivity contribution in [2.24, 2.45) is 0 Å². The van der Waals surface area contributed by atoms with Crippen LogP contribution in [0.4, 0.5) is 5.13 Å². The Morgan fingerprint density at radius 1 is 1.24 bits per heavy atom. The van der Waals surface area contributed by atoms with Gasteiger partial charge in [0.25, 0.3) is 5.56 Å². The van der Waals surface area contributed by atoms with Gasteiger partial charge < -0.3 is 0 Å². The lowest BCUT2D eigenvalue weighted by Gasteiger charge is -2.18. The minimum atomic E-state index is -0.633. The zero-order valence-electron chi connectivity index (χ0n) is 16.7. The molecule has 0 aromatic carbocycles. The highest BCUT2D eigenvalue weighted by atomic mass is 32.1. The summed E-state index contributed by atoms with van der Waals surface area (Å²) in [5.74, 6) is 0.197. The monoisotopic (exact) mass is 431 g/mol. The van der Waals surface area contributed by atoms with Crippen molar-refractivity contribution in [1.29, 1.82) is 0 Å². The lowest BCUT2D eigenvalue weighted by atomic mass is 9.90. The minimum absolute atomic E-state index is 0.173. The third kappa shape index (κ3) is 4.11. The molecule has 0 radical (unpaired) electrons. The molecule has 3 aromatic heterocycles. The summed E-state index contributed by atoms with van der Waals surface area (Å²) in [5, 5.41) is 13.4. The van der Waals surface area contributed by atoms with Gasteiger partial charge in [-0.25, -0.2) is 4.98 Å². The summed E-state index contributed by atoms with van der Waals surface area (Å²) in [5.41, 5.74) is -0.173. The van der Waals surface area contributed by atoms with Crippen LogP contribution in [0.25, 0.3) is 10.2 Å². The van der Waals surface area contributed by atoms with Crippen LogP contribution < -0.4 is 10.9 Å². The van der Waals surface area contributed by atoms with Gasteiger partial charge in [-0.05, 0) is 31.7 Å². The Bertz CT molecular complexity index is 1060. The average molecular weight is 432 g/mol. The van der Waals surface area contributed by atoms with E-state index in [1.807, 2.05) is 13.0 Å². The number of rotatable bonds is 6. The van der Waals surface area contributed by atoms with Gasteiger partial charge in [0, 0.05) is 10.8 Å². The number of hydrogen-bond donors (Lipinski definition) is 1. The number of nitrogens with one attached hydrogen (secondary N) is 1. The van der Waals surface area contributed by atoms with E-state index in [1.54, 1.807) is 0 Å². The minimum Gasteiger partial charge on any atom is -0.299 e. The molecule has 3 heterocycles. The molecule has 1 fully saturated rings. The zero-order valence-corrected chi connectivity index (χ0v) is 18.3. The van der Waals surface area contributed by atoms with E-state index in [-0.39, 0.29) is 11.5 Å². The van der Waals surface area contributed by atoms with E-state index >= 15 is 0 Å². The first-order chi connectivity index (χ1) is 14.1. The summed E-state index contributed by atoms with van der Waals surface area (Å²) in [6.07, 6.45) is 8.85. The van der Waals surface area contributed by atoms with Crippen LogP contribution in [0.3, 0.4) is 0 Å². The number of thiophene rings is 1. The zero-order chi connectivity index (χ0) is 20.4. The number of amides is 1. The Morgan fingerprint density at radius 2 is 2.03 bits per heavy atom. The second-order valence-electron chi connectivity index (χ2n) is 7.44. The summed E-state index contributed by atoms with van der Waals surface area (Å²) in [7, 11) is 0. The van der Waals surface area contributed by atoms with Crippen molar-refractivity contribution in [2.75, 3.05) is 5.32 Å². The molecule has 1 N–H and O–H groups in total. The lowest BCUT2D eigenvalue weighted by Crippen LogP contribution is -2.33. The van der Waals surface area contributed by atoms with Gasteiger partial charge >= 0.3 is 0 Å². The standard InChI is InChI=1S/C20H25N5O2S2/c1-3-13-10-14-18(28-13)21-11-25(19(14)27)15(4-2)16(26)22-20-24-23-17(29-20)12-8-6-5-7-9-12/h10-12,15H,3-9H2,1-2H3,(H,22,24,26). The highest BCUT2D eigenvalue weighted by Crippen LogP contribution is 2.35. The maximum atomic E-state index is 12.9. The molecule has 1 aliphatic carbocycles. The van der Waals surface area contributed by atoms with Crippen LogP contribution in [-0.2, 0) is 11.2 Å². The number of fused-ring (bicyclic) bond motifs is 1. The number of anilines is 1. The molecule has 0 saturated heterocycles. The van der Waals surface area contributed by atoms with E-state index in [1.165, 1.54) is 52.8 Å². The van der Waals surface area contributed by atoms with Crippen LogP contribution in [0.1, 0.15) is 74.2 Å². The van der Waals surface area contributed by atoms with Gasteiger partial charge in [0.2, 0.25) is 11.0 Å². The molecule has 1 unspecified atom stereocenters. The summed E-state index contributed by atoms with van der Waals surface area (Å²) >= 11 is 2.97. The van der Waals surface area contributed by atoms with E-state index in [4.69, 9.17) is 0 Å². The lowest BCUT2D eigenvalue weighted by molar-refractivity contribution is -0.119. The van der Waals surface area contributed by atoms with E-state index in [0.29, 0.717) is 22.9 Å². The Labute approximate surface area is 177 Å². The Kier molecular flexibility index (Phi) is 6.05. The molecule has 3 aromatic rings. The van der Waals surface area contributed by atoms with Crippen molar-refractivity contribution < 1.29 is 4.79 Å². The molecular formula is C20H25N5O2S2. The molecule has 1 atom stereocenters. The number of carbonyl (C=O) groups is 1. The normalized spacial score (nSPS) is 16.2. The van der Waals surface area contributed by atoms with E-state index in [9.17, 15) is 9.59 Å². The first-order valence-electron chi connectivity index (χ1n) is 10.2. The molecule has 29 heavy (non-hydrogen) atoms. The highest BCUT2D eigenvalue weighted by molar-refractivity contribution is 7.18. The third-order valence-corrected chi connectivity index (χ3v) is 7.72. The molecule has 1 aliphatic rings. The number of aromatic nitrogens is 4. The molecule has 4 rings (SSSR count). The van der Waals surface area contributed by atoms with Gasteiger partial charge in [0.15, 0.2) is 0 Å². The maximum Gasteiger partial charge on any atom is 0.262 e. The van der Waals surface area contributed by atoms with Crippen molar-refractivity contribution >= 4 is 43.9 Å². The molecular weight excluding hydrogens is 406 g/mol. The van der Waals surface area contributed by atoms with Crippen molar-refractivity contribution in [2.45, 2.75) is 70.8 Å². The predicted octanol–water partition coefficient (Wildman–Crippen LogP) is 4.51. The van der Waals surface area contributed by atoms with Gasteiger partial charge in [-0.1, -0.05) is 44.4 Å². The SMILES string of the molecule is CCc1cc2c(=O)n(C(CC)C(=O)Nc3nnc(C4CCCCC4)s3)cnc2s1. The Morgan fingerprint density at radius 3 is 2.76 bits per heavy atom. The van der Waals surface area contributed by atoms with Gasteiger partial charge in [-0.15, -0.1) is 21.5 Å². The first kappa shape index (κ1) is 20.2. The summed E-state index contributed by atoms with van der Waals surface area (Å²) in [4.78, 5) is 32.1. The first-order valence-corrected chi connectivity index (χ1v) is 11.9. The molecule has 0 spiro atoms. The molecule has 0 aliphatic heterocycles. The fourth-order valence-corrected chi connectivity index (χ4v) is 5.72. The molecule has 154 valence electrons. The van der Waals surface area contributed by atoms with E-state index < -0.39 is 6.04 Å². The molecule has 9 heteroatoms. The fourth-order valence-electron chi connectivity index (χ4n) is 3.88. The fraction of sp³-hybridized carbons (Fsp3) is 0.550. The Hall–Kier alpha value is -2.13. The van der Waals surface area contributed by atoms with Crippen LogP contribution in [0, 0.1) is 0 Å². The van der Waals surface area contributed by atoms with Gasteiger partial charge in [0.05, 0.1) is 11.7 Å². The van der Waals surface area contributed by atoms with Crippen molar-refractivity contribution in [3.05, 3.63) is 32.6 Å². The van der Waals surface area contributed by atoms with Crippen LogP contribution in [0.5, 0.6) is 0 Å². The molecule has 7 nitrogen and oxygen atoms in total. The van der Waals surface area contributed by atoms with Crippen LogP contribution in [0.15, 0.2) is 17.2 Å². The molecule has 0 bridgehead atoms. The number of aryl methyl sites for hydroxylation is 1. The predicted molar refractivity (Wildman–Crippen MR) is 117 cm³/mol. The van der Waals surface area contributed by atoms with Crippen LogP contribution >= 0.6 is 22.7 Å². The topological polar surface area (TPSA) is 89.8 Å². The average Bonchev–Trinajstić information content (AvgIpc) is 3.38. The van der Waals surface area contributed by atoms with E-state index in [0.717, 1.165) is 34.0 Å². The maximum absolute atomic E-state index is 12.9. The largest absolute Gasteiger partial charge is 0.299 e. The van der Waals surface area contributed by atoms with Crippen molar-refractivity contribution in [3.63, 3.8) is 0 Å². The molecule has 1 saturated carbocycles. The summed E-state index contributed by atoms with van der Waals surface area (Å²) < 4.78 is 1.44. The second-order valence-corrected chi connectivity index (χ2v) is 9.56. The number of hydrogen-bond acceptors (Lipinski definition) is 7. The van der Waals surface area contributed by atoms with Crippen molar-refractivity contribution in [3.8, 4) is 0 Å². The van der Waals surface area contributed by atoms with Gasteiger partial charge in [-0.2, -0.15) is 0 Å². The van der Waals surface area contributed by atoms with Crippen molar-refractivity contribution in [1.82, 2.24) is 19.7 Å². The second kappa shape index (κ2) is 8.71. The van der Waals surface area contributed by atoms with E-state index in [2.05, 4.69) is 27.4 Å². The smallest absolute Gasteiger partial charge is 0.262 e. The third-order valence-electron chi connectivity index (χ3n) is 5.53.